The molecular formula is C20H17N4O+. The minimum absolute atomic E-state index is 0.0819. The Morgan fingerprint density at radius 3 is 2.32 bits per heavy atom. The Bertz CT molecular complexity index is 959. The molecule has 1 unspecified atom stereocenters. The molecule has 25 heavy (non-hydrogen) atoms. The zero-order chi connectivity index (χ0) is 17.3. The van der Waals surface area contributed by atoms with E-state index in [0.29, 0.717) is 0 Å². The van der Waals surface area contributed by atoms with Gasteiger partial charge in [-0.25, -0.2) is 14.3 Å². The number of hydrogen-bond acceptors (Lipinski definition) is 3. The van der Waals surface area contributed by atoms with Crippen molar-refractivity contribution in [2.45, 2.75) is 6.92 Å². The van der Waals surface area contributed by atoms with Gasteiger partial charge in [0.1, 0.15) is 12.0 Å². The van der Waals surface area contributed by atoms with E-state index >= 15 is 0 Å². The molecule has 0 spiro atoms. The van der Waals surface area contributed by atoms with Crippen LogP contribution in [0.1, 0.15) is 12.5 Å². The van der Waals surface area contributed by atoms with E-state index in [-0.39, 0.29) is 10.5 Å². The maximum absolute atomic E-state index is 13.4. The van der Waals surface area contributed by atoms with Crippen LogP contribution in [0.15, 0.2) is 90.1 Å². The Labute approximate surface area is 145 Å². The third kappa shape index (κ3) is 2.33. The molecule has 5 heteroatoms. The standard InChI is InChI=1S/C20H17N4O/c1-16-19(17-8-4-2-5-9-17)22-15-24(16,18-10-6-3-7-11-18)20(25)23-13-12-21-14-23/h2-15H,1H3/q+1. The third-order valence-corrected chi connectivity index (χ3v) is 4.47. The minimum atomic E-state index is -0.143. The predicted octanol–water partition coefficient (Wildman–Crippen LogP) is 4.29. The summed E-state index contributed by atoms with van der Waals surface area (Å²) in [5.41, 5.74) is 3.51. The first-order valence-corrected chi connectivity index (χ1v) is 8.03. The molecule has 122 valence electrons. The first kappa shape index (κ1) is 15.2. The number of benzene rings is 2. The third-order valence-electron chi connectivity index (χ3n) is 4.47. The van der Waals surface area contributed by atoms with E-state index in [0.717, 1.165) is 22.6 Å². The molecule has 4 rings (SSSR count). The number of carbonyl (C=O) groups excluding carboxylic acids is 1. The average molecular weight is 329 g/mol. The molecule has 1 aromatic heterocycles. The van der Waals surface area contributed by atoms with Crippen LogP contribution in [0, 0.1) is 0 Å². The van der Waals surface area contributed by atoms with Crippen LogP contribution < -0.4 is 4.48 Å². The number of carbonyl (C=O) groups is 1. The number of aromatic nitrogens is 2. The fourth-order valence-corrected chi connectivity index (χ4v) is 3.15. The molecule has 1 amide bonds. The quantitative estimate of drug-likeness (QED) is 0.659. The van der Waals surface area contributed by atoms with Gasteiger partial charge in [-0.05, 0) is 0 Å². The molecule has 1 aliphatic rings. The van der Waals surface area contributed by atoms with E-state index < -0.39 is 0 Å². The number of quaternary nitrogens is 1. The van der Waals surface area contributed by atoms with Crippen LogP contribution in [0.3, 0.4) is 0 Å². The number of hydrogen-bond donors (Lipinski definition) is 0. The van der Waals surface area contributed by atoms with E-state index in [1.165, 1.54) is 10.9 Å². The van der Waals surface area contributed by atoms with E-state index in [2.05, 4.69) is 9.98 Å². The zero-order valence-electron chi connectivity index (χ0n) is 13.8. The molecule has 5 nitrogen and oxygen atoms in total. The van der Waals surface area contributed by atoms with Gasteiger partial charge in [0.25, 0.3) is 0 Å². The van der Waals surface area contributed by atoms with Crippen molar-refractivity contribution in [3.05, 3.63) is 90.6 Å². The molecular weight excluding hydrogens is 312 g/mol. The van der Waals surface area contributed by atoms with E-state index in [1.807, 2.05) is 67.6 Å². The SMILES string of the molecule is CC1=C(c2ccccc2)N=C[N+]1(C(=O)n1ccnc1)c1ccccc1. The van der Waals surface area contributed by atoms with E-state index in [1.54, 1.807) is 18.7 Å². The van der Waals surface area contributed by atoms with Gasteiger partial charge in [-0.3, -0.25) is 0 Å². The highest BCUT2D eigenvalue weighted by atomic mass is 16.2. The second-order valence-corrected chi connectivity index (χ2v) is 5.86. The van der Waals surface area contributed by atoms with Gasteiger partial charge in [0.05, 0.1) is 0 Å². The van der Waals surface area contributed by atoms with Crippen LogP contribution in [0.5, 0.6) is 0 Å². The highest BCUT2D eigenvalue weighted by Gasteiger charge is 2.47. The summed E-state index contributed by atoms with van der Waals surface area (Å²) in [7, 11) is 0. The molecule has 1 aliphatic heterocycles. The number of allylic oxidation sites excluding steroid dienone is 1. The Morgan fingerprint density at radius 1 is 1.00 bits per heavy atom. The van der Waals surface area contributed by atoms with Crippen LogP contribution in [0.4, 0.5) is 10.5 Å². The van der Waals surface area contributed by atoms with Crippen LogP contribution in [-0.2, 0) is 0 Å². The summed E-state index contributed by atoms with van der Waals surface area (Å²) in [6, 6.07) is 19.4. The number of imidazole rings is 1. The van der Waals surface area contributed by atoms with Crippen molar-refractivity contribution in [3.63, 3.8) is 0 Å². The Morgan fingerprint density at radius 2 is 1.68 bits per heavy atom. The molecule has 0 radical (unpaired) electrons. The summed E-state index contributed by atoms with van der Waals surface area (Å²) < 4.78 is 1.41. The first-order chi connectivity index (χ1) is 12.2. The Balaban J connectivity index is 1.94. The van der Waals surface area contributed by atoms with Gasteiger partial charge >= 0.3 is 6.03 Å². The van der Waals surface area contributed by atoms with Crippen LogP contribution in [0.25, 0.3) is 5.70 Å². The van der Waals surface area contributed by atoms with Crippen molar-refractivity contribution >= 4 is 23.8 Å². The number of nitrogens with zero attached hydrogens (tertiary/aromatic N) is 4. The van der Waals surface area contributed by atoms with E-state index in [9.17, 15) is 4.79 Å². The summed E-state index contributed by atoms with van der Waals surface area (Å²) in [6.07, 6.45) is 6.49. The minimum Gasteiger partial charge on any atom is -0.245 e. The highest BCUT2D eigenvalue weighted by Crippen LogP contribution is 2.37. The topological polar surface area (TPSA) is 47.2 Å². The summed E-state index contributed by atoms with van der Waals surface area (Å²) >= 11 is 0. The van der Waals surface area contributed by atoms with Gasteiger partial charge in [-0.2, -0.15) is 4.99 Å². The molecule has 2 aromatic carbocycles. The smallest absolute Gasteiger partial charge is 0.245 e. The molecule has 0 saturated heterocycles. The zero-order valence-corrected chi connectivity index (χ0v) is 13.8. The number of para-hydroxylation sites is 1. The molecule has 1 atom stereocenters. The number of rotatable bonds is 2. The normalized spacial score (nSPS) is 19.4. The lowest BCUT2D eigenvalue weighted by Gasteiger charge is -2.27. The molecule has 0 saturated carbocycles. The van der Waals surface area contributed by atoms with Crippen molar-refractivity contribution in [1.29, 1.82) is 0 Å². The first-order valence-electron chi connectivity index (χ1n) is 8.03. The maximum Gasteiger partial charge on any atom is 0.444 e. The van der Waals surface area contributed by atoms with Crippen molar-refractivity contribution in [2.75, 3.05) is 0 Å². The second-order valence-electron chi connectivity index (χ2n) is 5.86. The molecule has 0 bridgehead atoms. The van der Waals surface area contributed by atoms with Crippen molar-refractivity contribution < 1.29 is 4.79 Å². The van der Waals surface area contributed by atoms with Gasteiger partial charge in [0, 0.05) is 37.0 Å². The summed E-state index contributed by atoms with van der Waals surface area (Å²) in [5.74, 6) is 0. The van der Waals surface area contributed by atoms with Crippen molar-refractivity contribution in [3.8, 4) is 0 Å². The summed E-state index contributed by atoms with van der Waals surface area (Å²) in [6.45, 7) is 1.96. The molecule has 3 aromatic rings. The fourth-order valence-electron chi connectivity index (χ4n) is 3.15. The maximum atomic E-state index is 13.4. The number of aliphatic imine (C=N–C) groups is 1. The van der Waals surface area contributed by atoms with Crippen LogP contribution in [-0.4, -0.2) is 21.9 Å². The fraction of sp³-hybridized carbons (Fsp3) is 0.0500. The highest BCUT2D eigenvalue weighted by molar-refractivity contribution is 6.10. The predicted molar refractivity (Wildman–Crippen MR) is 98.8 cm³/mol. The molecule has 0 aliphatic carbocycles. The van der Waals surface area contributed by atoms with Crippen molar-refractivity contribution in [1.82, 2.24) is 14.0 Å². The lowest BCUT2D eigenvalue weighted by atomic mass is 10.1. The molecule has 0 N–H and O–H groups in total. The van der Waals surface area contributed by atoms with Gasteiger partial charge in [0.15, 0.2) is 11.4 Å². The largest absolute Gasteiger partial charge is 0.444 e. The van der Waals surface area contributed by atoms with Gasteiger partial charge < -0.3 is 0 Å². The summed E-state index contributed by atoms with van der Waals surface area (Å²) in [4.78, 5) is 22.0. The Hall–Kier alpha value is -3.31. The average Bonchev–Trinajstić information content (AvgIpc) is 3.31. The molecule has 0 fully saturated rings. The lowest BCUT2D eigenvalue weighted by molar-refractivity contribution is 0.230. The monoisotopic (exact) mass is 329 g/mol. The second kappa shape index (κ2) is 5.96. The lowest BCUT2D eigenvalue weighted by Crippen LogP contribution is -2.52. The van der Waals surface area contributed by atoms with Gasteiger partial charge in [-0.15, -0.1) is 4.48 Å². The van der Waals surface area contributed by atoms with Gasteiger partial charge in [0.2, 0.25) is 6.34 Å². The van der Waals surface area contributed by atoms with Crippen LogP contribution >= 0.6 is 0 Å². The summed E-state index contributed by atoms with van der Waals surface area (Å²) in [5, 5.41) is 0. The van der Waals surface area contributed by atoms with Crippen LogP contribution in [0.2, 0.25) is 0 Å². The molecule has 2 heterocycles. The Kier molecular flexibility index (Phi) is 3.63. The van der Waals surface area contributed by atoms with Gasteiger partial charge in [-0.1, -0.05) is 48.5 Å². The van der Waals surface area contributed by atoms with E-state index in [4.69, 9.17) is 0 Å². The van der Waals surface area contributed by atoms with Crippen molar-refractivity contribution in [2.24, 2.45) is 4.99 Å². The number of amides is 1.